The third kappa shape index (κ3) is 4.33. The summed E-state index contributed by atoms with van der Waals surface area (Å²) in [4.78, 5) is 23.1. The average molecular weight is 330 g/mol. The topological polar surface area (TPSA) is 75.6 Å². The first-order chi connectivity index (χ1) is 8.97. The lowest BCUT2D eigenvalue weighted by molar-refractivity contribution is -0.139. The second kappa shape index (κ2) is 7.25. The Labute approximate surface area is 120 Å². The third-order valence-electron chi connectivity index (χ3n) is 2.65. The maximum atomic E-state index is 12.1. The summed E-state index contributed by atoms with van der Waals surface area (Å²) in [6.07, 6.45) is 0.223. The number of hydrogen-bond donors (Lipinski definition) is 2. The maximum Gasteiger partial charge on any atom is 0.326 e. The van der Waals surface area contributed by atoms with Gasteiger partial charge in [-0.05, 0) is 34.5 Å². The van der Waals surface area contributed by atoms with Crippen LogP contribution < -0.4 is 5.32 Å². The molecule has 1 atom stereocenters. The van der Waals surface area contributed by atoms with E-state index in [0.29, 0.717) is 10.0 Å². The van der Waals surface area contributed by atoms with Crippen LogP contribution in [-0.2, 0) is 9.53 Å². The van der Waals surface area contributed by atoms with Crippen molar-refractivity contribution in [2.75, 3.05) is 13.7 Å². The predicted molar refractivity (Wildman–Crippen MR) is 74.3 cm³/mol. The van der Waals surface area contributed by atoms with E-state index in [1.54, 1.807) is 12.1 Å². The Bertz CT molecular complexity index is 476. The van der Waals surface area contributed by atoms with Gasteiger partial charge in [-0.15, -0.1) is 0 Å². The van der Waals surface area contributed by atoms with Gasteiger partial charge in [0, 0.05) is 24.6 Å². The highest BCUT2D eigenvalue weighted by Crippen LogP contribution is 2.21. The molecule has 0 radical (unpaired) electrons. The fourth-order valence-corrected chi connectivity index (χ4v) is 2.00. The number of rotatable bonds is 6. The van der Waals surface area contributed by atoms with Crippen molar-refractivity contribution in [1.82, 2.24) is 5.32 Å². The third-order valence-corrected chi connectivity index (χ3v) is 3.70. The molecule has 0 saturated heterocycles. The van der Waals surface area contributed by atoms with Crippen LogP contribution >= 0.6 is 15.9 Å². The van der Waals surface area contributed by atoms with Crippen molar-refractivity contribution in [1.29, 1.82) is 0 Å². The highest BCUT2D eigenvalue weighted by atomic mass is 79.9. The van der Waals surface area contributed by atoms with Crippen molar-refractivity contribution < 1.29 is 19.4 Å². The lowest BCUT2D eigenvalue weighted by Gasteiger charge is -2.15. The second-order valence-electron chi connectivity index (χ2n) is 4.08. The van der Waals surface area contributed by atoms with Gasteiger partial charge in [0.2, 0.25) is 0 Å². The summed E-state index contributed by atoms with van der Waals surface area (Å²) < 4.78 is 5.50. The molecule has 6 heteroatoms. The summed E-state index contributed by atoms with van der Waals surface area (Å²) in [6.45, 7) is 2.13. The highest BCUT2D eigenvalue weighted by Gasteiger charge is 2.21. The molecule has 0 spiro atoms. The average Bonchev–Trinajstić information content (AvgIpc) is 2.37. The van der Waals surface area contributed by atoms with E-state index in [9.17, 15) is 9.59 Å². The maximum absolute atomic E-state index is 12.1. The molecule has 1 amide bonds. The molecule has 1 aromatic carbocycles. The molecule has 1 rings (SSSR count). The van der Waals surface area contributed by atoms with Crippen molar-refractivity contribution in [2.45, 2.75) is 19.4 Å². The minimum atomic E-state index is -1.07. The van der Waals surface area contributed by atoms with Crippen molar-refractivity contribution in [2.24, 2.45) is 0 Å². The lowest BCUT2D eigenvalue weighted by atomic mass is 10.1. The Balaban J connectivity index is 2.82. The van der Waals surface area contributed by atoms with E-state index in [0.717, 1.165) is 5.56 Å². The van der Waals surface area contributed by atoms with Crippen LogP contribution in [0.5, 0.6) is 0 Å². The van der Waals surface area contributed by atoms with Crippen LogP contribution in [-0.4, -0.2) is 36.7 Å². The van der Waals surface area contributed by atoms with Crippen LogP contribution in [0.25, 0.3) is 0 Å². The number of ether oxygens (including phenoxy) is 1. The fourth-order valence-electron chi connectivity index (χ4n) is 1.55. The van der Waals surface area contributed by atoms with E-state index in [-0.39, 0.29) is 13.0 Å². The van der Waals surface area contributed by atoms with Crippen molar-refractivity contribution in [3.05, 3.63) is 33.8 Å². The smallest absolute Gasteiger partial charge is 0.326 e. The quantitative estimate of drug-likeness (QED) is 0.836. The monoisotopic (exact) mass is 329 g/mol. The molecule has 0 heterocycles. The number of carbonyl (C=O) groups is 2. The van der Waals surface area contributed by atoms with Gasteiger partial charge in [-0.1, -0.05) is 12.1 Å². The van der Waals surface area contributed by atoms with Gasteiger partial charge in [-0.25, -0.2) is 4.79 Å². The summed E-state index contributed by atoms with van der Waals surface area (Å²) in [7, 11) is 1.48. The molecule has 0 aromatic heterocycles. The molecule has 2 N–H and O–H groups in total. The summed E-state index contributed by atoms with van der Waals surface area (Å²) in [5.74, 6) is -1.49. The molecular weight excluding hydrogens is 314 g/mol. The lowest BCUT2D eigenvalue weighted by Crippen LogP contribution is -2.41. The van der Waals surface area contributed by atoms with Crippen LogP contribution in [0.3, 0.4) is 0 Å². The first-order valence-electron chi connectivity index (χ1n) is 5.75. The van der Waals surface area contributed by atoms with Crippen LogP contribution in [0.1, 0.15) is 22.3 Å². The van der Waals surface area contributed by atoms with Crippen molar-refractivity contribution in [3.8, 4) is 0 Å². The van der Waals surface area contributed by atoms with Crippen molar-refractivity contribution >= 4 is 27.8 Å². The standard InChI is InChI=1S/C13H16BrNO4/c1-8-4-3-5-9(11(8)14)12(16)15-10(13(17)18)6-7-19-2/h3-5,10H,6-7H2,1-2H3,(H,15,16)(H,17,18). The van der Waals surface area contributed by atoms with Crippen molar-refractivity contribution in [3.63, 3.8) is 0 Å². The number of amides is 1. The van der Waals surface area contributed by atoms with Crippen LogP contribution in [0.15, 0.2) is 22.7 Å². The SMILES string of the molecule is COCCC(NC(=O)c1cccc(C)c1Br)C(=O)O. The Kier molecular flexibility index (Phi) is 5.98. The van der Waals surface area contributed by atoms with Gasteiger partial charge < -0.3 is 15.2 Å². The fraction of sp³-hybridized carbons (Fsp3) is 0.385. The summed E-state index contributed by atoms with van der Waals surface area (Å²) in [5, 5.41) is 11.5. The minimum absolute atomic E-state index is 0.223. The number of carboxylic acids is 1. The number of nitrogens with one attached hydrogen (secondary N) is 1. The number of aliphatic carboxylic acids is 1. The Morgan fingerprint density at radius 3 is 2.74 bits per heavy atom. The molecule has 0 aliphatic carbocycles. The second-order valence-corrected chi connectivity index (χ2v) is 4.88. The number of aryl methyl sites for hydroxylation is 1. The summed E-state index contributed by atoms with van der Waals surface area (Å²) in [6, 6.07) is 4.29. The number of methoxy groups -OCH3 is 1. The molecule has 0 aliphatic heterocycles. The van der Waals surface area contributed by atoms with Gasteiger partial charge in [0.1, 0.15) is 6.04 Å². The van der Waals surface area contributed by atoms with Gasteiger partial charge in [0.05, 0.1) is 5.56 Å². The summed E-state index contributed by atoms with van der Waals surface area (Å²) in [5.41, 5.74) is 1.33. The first kappa shape index (κ1) is 15.7. The molecule has 0 fully saturated rings. The van der Waals surface area contributed by atoms with Gasteiger partial charge in [-0.2, -0.15) is 0 Å². The number of halogens is 1. The molecule has 0 bridgehead atoms. The highest BCUT2D eigenvalue weighted by molar-refractivity contribution is 9.10. The first-order valence-corrected chi connectivity index (χ1v) is 6.54. The van der Waals surface area contributed by atoms with Gasteiger partial charge in [0.25, 0.3) is 5.91 Å². The molecule has 1 unspecified atom stereocenters. The molecule has 19 heavy (non-hydrogen) atoms. The zero-order chi connectivity index (χ0) is 14.4. The van der Waals surface area contributed by atoms with Crippen LogP contribution in [0, 0.1) is 6.92 Å². The molecule has 104 valence electrons. The molecule has 5 nitrogen and oxygen atoms in total. The molecular formula is C13H16BrNO4. The molecule has 0 aliphatic rings. The van der Waals surface area contributed by atoms with Gasteiger partial charge in [0.15, 0.2) is 0 Å². The zero-order valence-corrected chi connectivity index (χ0v) is 12.4. The number of benzene rings is 1. The largest absolute Gasteiger partial charge is 0.480 e. The van der Waals surface area contributed by atoms with Gasteiger partial charge >= 0.3 is 5.97 Å². The van der Waals surface area contributed by atoms with E-state index >= 15 is 0 Å². The molecule has 0 saturated carbocycles. The van der Waals surface area contributed by atoms with E-state index in [1.165, 1.54) is 7.11 Å². The molecule has 1 aromatic rings. The number of hydrogen-bond acceptors (Lipinski definition) is 3. The Morgan fingerprint density at radius 2 is 2.16 bits per heavy atom. The van der Waals surface area contributed by atoms with E-state index < -0.39 is 17.9 Å². The predicted octanol–water partition coefficient (Wildman–Crippen LogP) is 1.98. The normalized spacial score (nSPS) is 11.9. The summed E-state index contributed by atoms with van der Waals surface area (Å²) >= 11 is 3.33. The minimum Gasteiger partial charge on any atom is -0.480 e. The van der Waals surface area contributed by atoms with Gasteiger partial charge in [-0.3, -0.25) is 4.79 Å². The zero-order valence-electron chi connectivity index (χ0n) is 10.8. The van der Waals surface area contributed by atoms with Crippen LogP contribution in [0.4, 0.5) is 0 Å². The van der Waals surface area contributed by atoms with E-state index in [2.05, 4.69) is 21.2 Å². The Morgan fingerprint density at radius 1 is 1.47 bits per heavy atom. The van der Waals surface area contributed by atoms with E-state index in [4.69, 9.17) is 9.84 Å². The number of carboxylic acid groups (broad SMARTS) is 1. The Hall–Kier alpha value is -1.40. The van der Waals surface area contributed by atoms with E-state index in [1.807, 2.05) is 13.0 Å². The number of carbonyl (C=O) groups excluding carboxylic acids is 1. The van der Waals surface area contributed by atoms with Crippen LogP contribution in [0.2, 0.25) is 0 Å².